The molecule has 0 fully saturated rings. The van der Waals surface area contributed by atoms with Gasteiger partial charge in [-0.25, -0.2) is 0 Å². The van der Waals surface area contributed by atoms with Crippen LogP contribution in [0.25, 0.3) is 22.3 Å². The second-order valence-electron chi connectivity index (χ2n) is 4.76. The molecule has 0 saturated carbocycles. The molecule has 3 aromatic rings. The van der Waals surface area contributed by atoms with Crippen LogP contribution >= 0.6 is 0 Å². The smallest absolute Gasteiger partial charge is 0.251 e. The second-order valence-corrected chi connectivity index (χ2v) is 4.76. The molecule has 98 valence electrons. The van der Waals surface area contributed by atoms with Gasteiger partial charge in [0.25, 0.3) is 5.56 Å². The molecular formula is C18H15NO. The van der Waals surface area contributed by atoms with Crippen molar-refractivity contribution in [2.75, 3.05) is 0 Å². The number of H-pyrrole nitrogens is 1. The number of aromatic amines is 1. The Labute approximate surface area is 117 Å². The van der Waals surface area contributed by atoms with Gasteiger partial charge in [0.2, 0.25) is 0 Å². The van der Waals surface area contributed by atoms with E-state index in [9.17, 15) is 4.79 Å². The number of nitrogens with one attached hydrogen (secondary N) is 1. The van der Waals surface area contributed by atoms with E-state index < -0.39 is 0 Å². The largest absolute Gasteiger partial charge is 0.328 e. The van der Waals surface area contributed by atoms with Crippen molar-refractivity contribution in [2.24, 2.45) is 0 Å². The molecule has 2 nitrogen and oxygen atoms in total. The average molecular weight is 261 g/mol. The normalized spacial score (nSPS) is 10.4. The summed E-state index contributed by atoms with van der Waals surface area (Å²) in [5.74, 6) is 0. The van der Waals surface area contributed by atoms with E-state index >= 15 is 0 Å². The van der Waals surface area contributed by atoms with E-state index in [2.05, 4.69) is 17.1 Å². The Kier molecular flexibility index (Phi) is 3.21. The Bertz CT molecular complexity index is 774. The molecule has 0 atom stereocenters. The summed E-state index contributed by atoms with van der Waals surface area (Å²) in [5, 5.41) is 0. The molecule has 1 N–H and O–H groups in total. The van der Waals surface area contributed by atoms with Crippen molar-refractivity contribution in [1.29, 1.82) is 0 Å². The maximum atomic E-state index is 11.9. The molecule has 1 aromatic heterocycles. The minimum absolute atomic E-state index is 0.0384. The third-order valence-corrected chi connectivity index (χ3v) is 3.48. The molecular weight excluding hydrogens is 246 g/mol. The first-order chi connectivity index (χ1) is 9.77. The van der Waals surface area contributed by atoms with Gasteiger partial charge in [0.1, 0.15) is 0 Å². The molecule has 0 amide bonds. The van der Waals surface area contributed by atoms with E-state index in [0.29, 0.717) is 0 Å². The molecule has 0 spiro atoms. The van der Waals surface area contributed by atoms with E-state index in [0.717, 1.165) is 27.8 Å². The average Bonchev–Trinajstić information content (AvgIpc) is 2.51. The Morgan fingerprint density at radius 1 is 0.800 bits per heavy atom. The summed E-state index contributed by atoms with van der Waals surface area (Å²) in [6.07, 6.45) is 1.80. The number of hydrogen-bond donors (Lipinski definition) is 1. The van der Waals surface area contributed by atoms with Crippen LogP contribution in [-0.4, -0.2) is 4.98 Å². The van der Waals surface area contributed by atoms with Crippen LogP contribution in [0.3, 0.4) is 0 Å². The number of rotatable bonds is 2. The summed E-state index contributed by atoms with van der Waals surface area (Å²) in [7, 11) is 0. The molecule has 3 rings (SSSR count). The minimum atomic E-state index is -0.0384. The van der Waals surface area contributed by atoms with E-state index in [1.165, 1.54) is 0 Å². The fourth-order valence-corrected chi connectivity index (χ4v) is 2.46. The maximum absolute atomic E-state index is 11.9. The van der Waals surface area contributed by atoms with Crippen molar-refractivity contribution in [1.82, 2.24) is 4.98 Å². The lowest BCUT2D eigenvalue weighted by Crippen LogP contribution is -2.11. The van der Waals surface area contributed by atoms with Gasteiger partial charge in [-0.15, -0.1) is 0 Å². The van der Waals surface area contributed by atoms with E-state index in [-0.39, 0.29) is 5.56 Å². The van der Waals surface area contributed by atoms with Crippen molar-refractivity contribution >= 4 is 0 Å². The number of benzene rings is 2. The molecule has 2 heteroatoms. The monoisotopic (exact) mass is 261 g/mol. The van der Waals surface area contributed by atoms with Gasteiger partial charge >= 0.3 is 0 Å². The van der Waals surface area contributed by atoms with Gasteiger partial charge in [0, 0.05) is 17.3 Å². The quantitative estimate of drug-likeness (QED) is 0.742. The molecule has 20 heavy (non-hydrogen) atoms. The minimum Gasteiger partial charge on any atom is -0.328 e. The SMILES string of the molecule is Cc1c(-c2ccccc2)c(-c2ccccc2)c[nH]c1=O. The first kappa shape index (κ1) is 12.4. The molecule has 0 aliphatic carbocycles. The molecule has 0 unspecified atom stereocenters. The van der Waals surface area contributed by atoms with Gasteiger partial charge in [-0.1, -0.05) is 60.7 Å². The van der Waals surface area contributed by atoms with Crippen LogP contribution in [0.4, 0.5) is 0 Å². The van der Waals surface area contributed by atoms with Crippen LogP contribution in [0, 0.1) is 6.92 Å². The first-order valence-electron chi connectivity index (χ1n) is 6.60. The molecule has 0 aliphatic heterocycles. The molecule has 0 aliphatic rings. The van der Waals surface area contributed by atoms with E-state index in [1.54, 1.807) is 6.20 Å². The van der Waals surface area contributed by atoms with Gasteiger partial charge in [0.15, 0.2) is 0 Å². The summed E-state index contributed by atoms with van der Waals surface area (Å²) in [4.78, 5) is 14.8. The maximum Gasteiger partial charge on any atom is 0.251 e. The van der Waals surface area contributed by atoms with E-state index in [1.807, 2.05) is 55.5 Å². The summed E-state index contributed by atoms with van der Waals surface area (Å²) in [6.45, 7) is 1.87. The standard InChI is InChI=1S/C18H15NO/c1-13-17(15-10-6-3-7-11-15)16(12-19-18(13)20)14-8-4-2-5-9-14/h2-12H,1H3,(H,19,20). The highest BCUT2D eigenvalue weighted by Crippen LogP contribution is 2.32. The first-order valence-corrected chi connectivity index (χ1v) is 6.60. The van der Waals surface area contributed by atoms with Crippen LogP contribution < -0.4 is 5.56 Å². The zero-order valence-electron chi connectivity index (χ0n) is 11.3. The van der Waals surface area contributed by atoms with Crippen LogP contribution in [0.5, 0.6) is 0 Å². The summed E-state index contributed by atoms with van der Waals surface area (Å²) in [6, 6.07) is 20.1. The lowest BCUT2D eigenvalue weighted by Gasteiger charge is -2.12. The highest BCUT2D eigenvalue weighted by molar-refractivity contribution is 5.84. The van der Waals surface area contributed by atoms with Crippen molar-refractivity contribution in [3.05, 3.63) is 82.8 Å². The molecule has 2 aromatic carbocycles. The van der Waals surface area contributed by atoms with Gasteiger partial charge in [-0.2, -0.15) is 0 Å². The third-order valence-electron chi connectivity index (χ3n) is 3.48. The Morgan fingerprint density at radius 2 is 1.35 bits per heavy atom. The summed E-state index contributed by atoms with van der Waals surface area (Å²) < 4.78 is 0. The number of pyridine rings is 1. The van der Waals surface area contributed by atoms with Crippen molar-refractivity contribution in [3.63, 3.8) is 0 Å². The van der Waals surface area contributed by atoms with Gasteiger partial charge < -0.3 is 4.98 Å². The second kappa shape index (κ2) is 5.17. The van der Waals surface area contributed by atoms with Crippen molar-refractivity contribution in [2.45, 2.75) is 6.92 Å². The van der Waals surface area contributed by atoms with Crippen LogP contribution in [0.2, 0.25) is 0 Å². The highest BCUT2D eigenvalue weighted by atomic mass is 16.1. The number of hydrogen-bond acceptors (Lipinski definition) is 1. The van der Waals surface area contributed by atoms with Gasteiger partial charge in [-0.3, -0.25) is 4.79 Å². The third kappa shape index (κ3) is 2.16. The lowest BCUT2D eigenvalue weighted by molar-refractivity contribution is 1.18. The van der Waals surface area contributed by atoms with Gasteiger partial charge in [0.05, 0.1) is 0 Å². The summed E-state index contributed by atoms with van der Waals surface area (Å²) >= 11 is 0. The fourth-order valence-electron chi connectivity index (χ4n) is 2.46. The topological polar surface area (TPSA) is 32.9 Å². The predicted octanol–water partition coefficient (Wildman–Crippen LogP) is 4.02. The van der Waals surface area contributed by atoms with Crippen LogP contribution in [-0.2, 0) is 0 Å². The Balaban J connectivity index is 2.32. The number of aromatic nitrogens is 1. The molecule has 0 saturated heterocycles. The molecule has 0 radical (unpaired) electrons. The van der Waals surface area contributed by atoms with Crippen LogP contribution in [0.15, 0.2) is 71.7 Å². The zero-order valence-corrected chi connectivity index (χ0v) is 11.3. The van der Waals surface area contributed by atoms with Crippen molar-refractivity contribution in [3.8, 4) is 22.3 Å². The van der Waals surface area contributed by atoms with E-state index in [4.69, 9.17) is 0 Å². The fraction of sp³-hybridized carbons (Fsp3) is 0.0556. The van der Waals surface area contributed by atoms with Gasteiger partial charge in [-0.05, 0) is 23.6 Å². The molecule has 0 bridgehead atoms. The zero-order chi connectivity index (χ0) is 13.9. The Morgan fingerprint density at radius 3 is 1.95 bits per heavy atom. The summed E-state index contributed by atoms with van der Waals surface area (Å²) in [5.41, 5.74) is 4.93. The lowest BCUT2D eigenvalue weighted by atomic mass is 9.93. The van der Waals surface area contributed by atoms with Crippen LogP contribution in [0.1, 0.15) is 5.56 Å². The predicted molar refractivity (Wildman–Crippen MR) is 82.7 cm³/mol. The molecule has 1 heterocycles. The highest BCUT2D eigenvalue weighted by Gasteiger charge is 2.12. The Hall–Kier alpha value is -2.61. The van der Waals surface area contributed by atoms with Crippen molar-refractivity contribution < 1.29 is 0 Å².